The van der Waals surface area contributed by atoms with Gasteiger partial charge in [-0.2, -0.15) is 0 Å². The molecule has 1 fully saturated rings. The number of likely N-dealkylation sites (tertiary alicyclic amines) is 1. The van der Waals surface area contributed by atoms with Gasteiger partial charge in [0, 0.05) is 31.0 Å². The van der Waals surface area contributed by atoms with Gasteiger partial charge in [0.05, 0.1) is 0 Å². The number of carbonyl (C=O) groups excluding carboxylic acids is 1. The van der Waals surface area contributed by atoms with Crippen molar-refractivity contribution in [3.63, 3.8) is 0 Å². The fourth-order valence-corrected chi connectivity index (χ4v) is 2.79. The highest BCUT2D eigenvalue weighted by molar-refractivity contribution is 5.74. The molecule has 1 aliphatic heterocycles. The summed E-state index contributed by atoms with van der Waals surface area (Å²) in [4.78, 5) is 13.2. The molecule has 3 heteroatoms. The Morgan fingerprint density at radius 3 is 2.20 bits per heavy atom. The quantitative estimate of drug-likeness (QED) is 0.779. The van der Waals surface area contributed by atoms with Crippen LogP contribution < -0.4 is 0 Å². The van der Waals surface area contributed by atoms with Gasteiger partial charge in [0.15, 0.2) is 6.29 Å². The van der Waals surface area contributed by atoms with Gasteiger partial charge in [-0.25, -0.2) is 0 Å². The molecule has 1 aromatic carbocycles. The van der Waals surface area contributed by atoms with Gasteiger partial charge in [-0.3, -0.25) is 9.69 Å². The molecule has 1 saturated heterocycles. The fraction of sp³-hybridized carbons (Fsp3) is 0.353. The number of aromatic nitrogens is 1. The molecule has 1 aromatic heterocycles. The normalized spacial score (nSPS) is 15.6. The van der Waals surface area contributed by atoms with Crippen LogP contribution in [0.25, 0.3) is 0 Å². The Kier molecular flexibility index (Phi) is 3.97. The monoisotopic (exact) mass is 268 g/mol. The Morgan fingerprint density at radius 1 is 0.950 bits per heavy atom. The average molecular weight is 268 g/mol. The molecule has 0 amide bonds. The smallest absolute Gasteiger partial charge is 0.151 e. The third-order valence-electron chi connectivity index (χ3n) is 3.90. The SMILES string of the molecule is O=Cc1ccn(Cc2ccc(CN3CCCC3)cc2)c1. The van der Waals surface area contributed by atoms with Gasteiger partial charge < -0.3 is 4.57 Å². The summed E-state index contributed by atoms with van der Waals surface area (Å²) in [5, 5.41) is 0. The number of aldehydes is 1. The van der Waals surface area contributed by atoms with Crippen LogP contribution in [0.5, 0.6) is 0 Å². The summed E-state index contributed by atoms with van der Waals surface area (Å²) in [5.41, 5.74) is 3.38. The average Bonchev–Trinajstić information content (AvgIpc) is 3.12. The van der Waals surface area contributed by atoms with Gasteiger partial charge in [-0.05, 0) is 43.1 Å². The van der Waals surface area contributed by atoms with Crippen LogP contribution in [-0.2, 0) is 13.1 Å². The predicted octanol–water partition coefficient (Wildman–Crippen LogP) is 2.94. The van der Waals surface area contributed by atoms with E-state index in [2.05, 4.69) is 29.2 Å². The zero-order chi connectivity index (χ0) is 13.8. The molecule has 0 spiro atoms. The van der Waals surface area contributed by atoms with E-state index in [1.807, 2.05) is 23.0 Å². The van der Waals surface area contributed by atoms with Crippen LogP contribution >= 0.6 is 0 Å². The summed E-state index contributed by atoms with van der Waals surface area (Å²) < 4.78 is 2.04. The van der Waals surface area contributed by atoms with Crippen molar-refractivity contribution in [3.8, 4) is 0 Å². The van der Waals surface area contributed by atoms with Gasteiger partial charge >= 0.3 is 0 Å². The van der Waals surface area contributed by atoms with Crippen LogP contribution in [0.3, 0.4) is 0 Å². The summed E-state index contributed by atoms with van der Waals surface area (Å²) in [5.74, 6) is 0. The molecule has 0 bridgehead atoms. The first-order chi connectivity index (χ1) is 9.83. The van der Waals surface area contributed by atoms with Crippen molar-refractivity contribution in [2.45, 2.75) is 25.9 Å². The molecular weight excluding hydrogens is 248 g/mol. The highest BCUT2D eigenvalue weighted by atomic mass is 16.1. The second-order valence-corrected chi connectivity index (χ2v) is 5.53. The molecule has 0 atom stereocenters. The molecule has 0 saturated carbocycles. The maximum absolute atomic E-state index is 10.7. The standard InChI is InChI=1S/C17H20N2O/c20-14-17-7-10-19(13-17)12-16-5-3-15(4-6-16)11-18-8-1-2-9-18/h3-7,10,13-14H,1-2,8-9,11-12H2. The summed E-state index contributed by atoms with van der Waals surface area (Å²) in [6, 6.07) is 10.7. The summed E-state index contributed by atoms with van der Waals surface area (Å²) >= 11 is 0. The van der Waals surface area contributed by atoms with Crippen molar-refractivity contribution in [3.05, 3.63) is 59.4 Å². The maximum Gasteiger partial charge on any atom is 0.151 e. The van der Waals surface area contributed by atoms with E-state index in [1.165, 1.54) is 37.1 Å². The zero-order valence-electron chi connectivity index (χ0n) is 11.7. The molecule has 0 unspecified atom stereocenters. The highest BCUT2D eigenvalue weighted by Crippen LogP contribution is 2.14. The van der Waals surface area contributed by atoms with E-state index in [0.29, 0.717) is 0 Å². The number of hydrogen-bond acceptors (Lipinski definition) is 2. The van der Waals surface area contributed by atoms with Crippen LogP contribution in [0.15, 0.2) is 42.7 Å². The van der Waals surface area contributed by atoms with Crippen molar-refractivity contribution in [1.82, 2.24) is 9.47 Å². The van der Waals surface area contributed by atoms with Crippen molar-refractivity contribution in [2.75, 3.05) is 13.1 Å². The number of nitrogens with zero attached hydrogens (tertiary/aromatic N) is 2. The van der Waals surface area contributed by atoms with Gasteiger partial charge in [-0.15, -0.1) is 0 Å². The molecule has 2 heterocycles. The minimum absolute atomic E-state index is 0.732. The molecule has 104 valence electrons. The molecule has 3 rings (SSSR count). The van der Waals surface area contributed by atoms with Crippen molar-refractivity contribution >= 4 is 6.29 Å². The summed E-state index contributed by atoms with van der Waals surface area (Å²) in [6.07, 6.45) is 7.39. The second kappa shape index (κ2) is 6.06. The lowest BCUT2D eigenvalue weighted by atomic mass is 10.1. The molecule has 1 aliphatic rings. The largest absolute Gasteiger partial charge is 0.349 e. The number of hydrogen-bond donors (Lipinski definition) is 0. The van der Waals surface area contributed by atoms with Crippen LogP contribution in [0, 0.1) is 0 Å². The van der Waals surface area contributed by atoms with Crippen LogP contribution in [0.4, 0.5) is 0 Å². The lowest BCUT2D eigenvalue weighted by Gasteiger charge is -2.14. The van der Waals surface area contributed by atoms with Gasteiger partial charge in [0.1, 0.15) is 0 Å². The van der Waals surface area contributed by atoms with Gasteiger partial charge in [-0.1, -0.05) is 24.3 Å². The molecule has 0 radical (unpaired) electrons. The zero-order valence-corrected chi connectivity index (χ0v) is 11.7. The first kappa shape index (κ1) is 13.1. The Balaban J connectivity index is 1.61. The van der Waals surface area contributed by atoms with E-state index in [0.717, 1.165) is 24.9 Å². The fourth-order valence-electron chi connectivity index (χ4n) is 2.79. The minimum atomic E-state index is 0.732. The molecule has 3 nitrogen and oxygen atoms in total. The first-order valence-electron chi connectivity index (χ1n) is 7.24. The predicted molar refractivity (Wildman–Crippen MR) is 79.9 cm³/mol. The lowest BCUT2D eigenvalue weighted by molar-refractivity contribution is 0.112. The van der Waals surface area contributed by atoms with Crippen molar-refractivity contribution in [1.29, 1.82) is 0 Å². The molecule has 0 N–H and O–H groups in total. The highest BCUT2D eigenvalue weighted by Gasteiger charge is 2.11. The Morgan fingerprint density at radius 2 is 1.60 bits per heavy atom. The molecule has 20 heavy (non-hydrogen) atoms. The van der Waals surface area contributed by atoms with Gasteiger partial charge in [0.25, 0.3) is 0 Å². The third kappa shape index (κ3) is 3.17. The number of carbonyl (C=O) groups is 1. The molecule has 0 aliphatic carbocycles. The Bertz CT molecular complexity index is 565. The van der Waals surface area contributed by atoms with E-state index < -0.39 is 0 Å². The van der Waals surface area contributed by atoms with Crippen LogP contribution in [0.1, 0.15) is 34.3 Å². The Hall–Kier alpha value is -1.87. The topological polar surface area (TPSA) is 25.2 Å². The Labute approximate surface area is 119 Å². The summed E-state index contributed by atoms with van der Waals surface area (Å²) in [6.45, 7) is 4.36. The van der Waals surface area contributed by atoms with Crippen LogP contribution in [-0.4, -0.2) is 28.8 Å². The minimum Gasteiger partial charge on any atom is -0.349 e. The second-order valence-electron chi connectivity index (χ2n) is 5.53. The number of benzene rings is 1. The van der Waals surface area contributed by atoms with E-state index in [-0.39, 0.29) is 0 Å². The van der Waals surface area contributed by atoms with E-state index >= 15 is 0 Å². The van der Waals surface area contributed by atoms with E-state index in [4.69, 9.17) is 0 Å². The maximum atomic E-state index is 10.7. The van der Waals surface area contributed by atoms with E-state index in [9.17, 15) is 4.79 Å². The molecular formula is C17H20N2O. The third-order valence-corrected chi connectivity index (χ3v) is 3.90. The van der Waals surface area contributed by atoms with E-state index in [1.54, 1.807) is 0 Å². The van der Waals surface area contributed by atoms with Crippen LogP contribution in [0.2, 0.25) is 0 Å². The van der Waals surface area contributed by atoms with Crippen molar-refractivity contribution < 1.29 is 4.79 Å². The lowest BCUT2D eigenvalue weighted by Crippen LogP contribution is -2.18. The summed E-state index contributed by atoms with van der Waals surface area (Å²) in [7, 11) is 0. The van der Waals surface area contributed by atoms with Gasteiger partial charge in [0.2, 0.25) is 0 Å². The molecule has 2 aromatic rings. The first-order valence-corrected chi connectivity index (χ1v) is 7.24. The number of rotatable bonds is 5. The van der Waals surface area contributed by atoms with Crippen molar-refractivity contribution in [2.24, 2.45) is 0 Å².